The Morgan fingerprint density at radius 1 is 1.36 bits per heavy atom. The summed E-state index contributed by atoms with van der Waals surface area (Å²) in [5.74, 6) is 0. The van der Waals surface area contributed by atoms with E-state index in [2.05, 4.69) is 17.2 Å². The van der Waals surface area contributed by atoms with Gasteiger partial charge < -0.3 is 0 Å². The van der Waals surface area contributed by atoms with Crippen LogP contribution in [0.15, 0.2) is 36.5 Å². The molecule has 14 heavy (non-hydrogen) atoms. The fraction of sp³-hybridized carbons (Fsp3) is 0. The Labute approximate surface area is 95.3 Å². The van der Waals surface area contributed by atoms with Gasteiger partial charge in [-0.15, -0.1) is 6.07 Å². The molecule has 2 rings (SSSR count). The average Bonchev–Trinajstić information content (AvgIpc) is 2.67. The Balaban J connectivity index is 0.000000980. The van der Waals surface area contributed by atoms with E-state index in [-0.39, 0.29) is 20.1 Å². The molecule has 0 aliphatic rings. The van der Waals surface area contributed by atoms with Crippen LogP contribution < -0.4 is 0 Å². The van der Waals surface area contributed by atoms with E-state index in [4.69, 9.17) is 5.26 Å². The van der Waals surface area contributed by atoms with Crippen molar-refractivity contribution >= 4 is 0 Å². The van der Waals surface area contributed by atoms with Crippen molar-refractivity contribution in [1.29, 1.82) is 5.26 Å². The molecule has 71 valence electrons. The molecular formula is C10H6IrN3-. The Hall–Kier alpha value is -1.43. The van der Waals surface area contributed by atoms with Crippen LogP contribution in [0.4, 0.5) is 0 Å². The van der Waals surface area contributed by atoms with Crippen LogP contribution in [0.5, 0.6) is 0 Å². The first-order valence-electron chi connectivity index (χ1n) is 3.83. The Morgan fingerprint density at radius 3 is 2.86 bits per heavy atom. The minimum absolute atomic E-state index is 0. The standard InChI is InChI=1S/C10H6N3.Ir/c11-8-10-6-7-12-13(10)9-4-2-1-3-5-9;/h1-4,6-7H;/q-1;. The molecule has 0 saturated carbocycles. The molecule has 0 amide bonds. The first-order chi connectivity index (χ1) is 6.42. The summed E-state index contributed by atoms with van der Waals surface area (Å²) in [6.07, 6.45) is 1.60. The van der Waals surface area contributed by atoms with Gasteiger partial charge in [-0.05, 0) is 11.8 Å². The molecule has 1 heterocycles. The Bertz CT molecular complexity index is 442. The van der Waals surface area contributed by atoms with E-state index >= 15 is 0 Å². The third-order valence-corrected chi connectivity index (χ3v) is 1.68. The second-order valence-corrected chi connectivity index (χ2v) is 2.49. The third-order valence-electron chi connectivity index (χ3n) is 1.68. The molecule has 3 nitrogen and oxygen atoms in total. The fourth-order valence-electron chi connectivity index (χ4n) is 1.10. The van der Waals surface area contributed by atoms with E-state index in [0.717, 1.165) is 5.69 Å². The van der Waals surface area contributed by atoms with Crippen molar-refractivity contribution in [3.63, 3.8) is 0 Å². The third kappa shape index (κ3) is 1.90. The van der Waals surface area contributed by atoms with Crippen molar-refractivity contribution in [2.24, 2.45) is 0 Å². The molecular weight excluding hydrogens is 354 g/mol. The first-order valence-corrected chi connectivity index (χ1v) is 3.83. The molecule has 0 N–H and O–H groups in total. The van der Waals surface area contributed by atoms with Crippen LogP contribution in [0, 0.1) is 17.4 Å². The number of rotatable bonds is 1. The molecule has 4 heteroatoms. The summed E-state index contributed by atoms with van der Waals surface area (Å²) in [7, 11) is 0. The van der Waals surface area contributed by atoms with Gasteiger partial charge in [0, 0.05) is 20.1 Å². The SMILES string of the molecule is N#Cc1ccnn1-c1[c-]cccc1.[Ir]. The smallest absolute Gasteiger partial charge is 0.141 e. The van der Waals surface area contributed by atoms with Crippen molar-refractivity contribution in [2.45, 2.75) is 0 Å². The zero-order valence-electron chi connectivity index (χ0n) is 7.14. The van der Waals surface area contributed by atoms with Gasteiger partial charge in [-0.3, -0.25) is 0 Å². The van der Waals surface area contributed by atoms with Crippen molar-refractivity contribution in [2.75, 3.05) is 0 Å². The maximum atomic E-state index is 8.74. The first kappa shape index (κ1) is 10.6. The fourth-order valence-corrected chi connectivity index (χ4v) is 1.10. The molecule has 0 fully saturated rings. The van der Waals surface area contributed by atoms with Gasteiger partial charge in [0.2, 0.25) is 0 Å². The van der Waals surface area contributed by atoms with Crippen molar-refractivity contribution in [3.8, 4) is 11.8 Å². The van der Waals surface area contributed by atoms with Crippen molar-refractivity contribution in [3.05, 3.63) is 48.3 Å². The largest absolute Gasteiger partial charge is 0.248 e. The monoisotopic (exact) mass is 361 g/mol. The van der Waals surface area contributed by atoms with Gasteiger partial charge in [-0.1, -0.05) is 0 Å². The van der Waals surface area contributed by atoms with Crippen LogP contribution in [-0.4, -0.2) is 9.78 Å². The topological polar surface area (TPSA) is 41.6 Å². The molecule has 0 unspecified atom stereocenters. The number of hydrogen-bond donors (Lipinski definition) is 0. The predicted octanol–water partition coefficient (Wildman–Crippen LogP) is 1.54. The number of nitrogens with zero attached hydrogens (tertiary/aromatic N) is 3. The van der Waals surface area contributed by atoms with E-state index in [1.54, 1.807) is 23.0 Å². The summed E-state index contributed by atoms with van der Waals surface area (Å²) in [6, 6.07) is 14.1. The minimum atomic E-state index is 0. The van der Waals surface area contributed by atoms with E-state index in [1.807, 2.05) is 18.2 Å². The van der Waals surface area contributed by atoms with Crippen LogP contribution in [0.3, 0.4) is 0 Å². The molecule has 0 aliphatic heterocycles. The van der Waals surface area contributed by atoms with Crippen LogP contribution >= 0.6 is 0 Å². The normalized spacial score (nSPS) is 8.79. The Morgan fingerprint density at radius 2 is 2.21 bits per heavy atom. The second-order valence-electron chi connectivity index (χ2n) is 2.49. The summed E-state index contributed by atoms with van der Waals surface area (Å²) < 4.78 is 1.56. The average molecular weight is 360 g/mol. The van der Waals surface area contributed by atoms with E-state index in [1.165, 1.54) is 0 Å². The van der Waals surface area contributed by atoms with Gasteiger partial charge in [0.25, 0.3) is 0 Å². The van der Waals surface area contributed by atoms with E-state index in [0.29, 0.717) is 5.69 Å². The van der Waals surface area contributed by atoms with Crippen LogP contribution in [0.25, 0.3) is 5.69 Å². The maximum absolute atomic E-state index is 8.74. The zero-order chi connectivity index (χ0) is 9.10. The van der Waals surface area contributed by atoms with Gasteiger partial charge in [-0.2, -0.15) is 34.6 Å². The van der Waals surface area contributed by atoms with Crippen LogP contribution in [0.2, 0.25) is 0 Å². The van der Waals surface area contributed by atoms with Crippen molar-refractivity contribution < 1.29 is 20.1 Å². The molecule has 0 bridgehead atoms. The Kier molecular flexibility index (Phi) is 3.58. The van der Waals surface area contributed by atoms with Gasteiger partial charge >= 0.3 is 0 Å². The number of aromatic nitrogens is 2. The summed E-state index contributed by atoms with van der Waals surface area (Å²) in [5.41, 5.74) is 1.30. The van der Waals surface area contributed by atoms with E-state index in [9.17, 15) is 0 Å². The predicted molar refractivity (Wildman–Crippen MR) is 47.1 cm³/mol. The van der Waals surface area contributed by atoms with Crippen molar-refractivity contribution in [1.82, 2.24) is 9.78 Å². The number of hydrogen-bond acceptors (Lipinski definition) is 2. The molecule has 1 aromatic carbocycles. The number of para-hydroxylation sites is 1. The molecule has 0 atom stereocenters. The second kappa shape index (κ2) is 4.71. The molecule has 1 aromatic heterocycles. The summed E-state index contributed by atoms with van der Waals surface area (Å²) in [5, 5.41) is 12.8. The van der Waals surface area contributed by atoms with Gasteiger partial charge in [-0.25, -0.2) is 4.68 Å². The molecule has 2 aromatic rings. The van der Waals surface area contributed by atoms with Gasteiger partial charge in [0.15, 0.2) is 0 Å². The zero-order valence-corrected chi connectivity index (χ0v) is 9.53. The number of nitriles is 1. The minimum Gasteiger partial charge on any atom is -0.248 e. The van der Waals surface area contributed by atoms with Crippen LogP contribution in [-0.2, 0) is 20.1 Å². The molecule has 0 saturated heterocycles. The summed E-state index contributed by atoms with van der Waals surface area (Å²) in [6.45, 7) is 0. The maximum Gasteiger partial charge on any atom is 0.141 e. The molecule has 1 radical (unpaired) electrons. The van der Waals surface area contributed by atoms with Crippen LogP contribution in [0.1, 0.15) is 5.69 Å². The van der Waals surface area contributed by atoms with Gasteiger partial charge in [0.1, 0.15) is 11.8 Å². The summed E-state index contributed by atoms with van der Waals surface area (Å²) in [4.78, 5) is 0. The quantitative estimate of drug-likeness (QED) is 0.724. The van der Waals surface area contributed by atoms with E-state index < -0.39 is 0 Å². The number of benzene rings is 1. The van der Waals surface area contributed by atoms with Gasteiger partial charge in [0.05, 0.1) is 6.20 Å². The molecule has 0 aliphatic carbocycles. The molecule has 0 spiro atoms. The summed E-state index contributed by atoms with van der Waals surface area (Å²) >= 11 is 0.